The van der Waals surface area contributed by atoms with Crippen molar-refractivity contribution >= 4 is 40.0 Å². The largest absolute Gasteiger partial charge is 0.416 e. The Morgan fingerprint density at radius 2 is 1.90 bits per heavy atom. The average Bonchev–Trinajstić information content (AvgIpc) is 2.89. The predicted octanol–water partition coefficient (Wildman–Crippen LogP) is 5.57. The normalized spacial score (nSPS) is 18.4. The zero-order chi connectivity index (χ0) is 22.1. The molecule has 2 amide bonds. The molecule has 10 heteroatoms. The van der Waals surface area contributed by atoms with E-state index in [1.54, 1.807) is 4.90 Å². The van der Waals surface area contributed by atoms with Gasteiger partial charge in [0, 0.05) is 12.2 Å². The predicted molar refractivity (Wildman–Crippen MR) is 114 cm³/mol. The molecule has 2 aromatic carbocycles. The first-order valence-corrected chi connectivity index (χ1v) is 10.2. The van der Waals surface area contributed by atoms with Crippen LogP contribution in [0.2, 0.25) is 0 Å². The van der Waals surface area contributed by atoms with Crippen molar-refractivity contribution < 1.29 is 23.2 Å². The summed E-state index contributed by atoms with van der Waals surface area (Å²) in [6, 6.07) is 12.7. The molecule has 1 aliphatic rings. The molecule has 30 heavy (non-hydrogen) atoms. The summed E-state index contributed by atoms with van der Waals surface area (Å²) < 4.78 is 38.6. The highest BCUT2D eigenvalue weighted by molar-refractivity contribution is 8.24. The number of urea groups is 1. The number of hydrogen-bond donors (Lipinski definition) is 2. The van der Waals surface area contributed by atoms with Crippen molar-refractivity contribution in [1.82, 2.24) is 9.96 Å². The Hall–Kier alpha value is -2.30. The van der Waals surface area contributed by atoms with Crippen molar-refractivity contribution in [1.29, 1.82) is 0 Å². The van der Waals surface area contributed by atoms with Crippen LogP contribution in [0.3, 0.4) is 0 Å². The molecule has 1 aliphatic heterocycles. The van der Waals surface area contributed by atoms with Crippen LogP contribution in [0.15, 0.2) is 54.6 Å². The molecule has 2 aromatic rings. The van der Waals surface area contributed by atoms with Gasteiger partial charge in [-0.15, -0.1) is 0 Å². The van der Waals surface area contributed by atoms with Gasteiger partial charge in [-0.2, -0.15) is 18.2 Å². The highest BCUT2D eigenvalue weighted by atomic mass is 32.2. The Labute approximate surface area is 181 Å². The van der Waals surface area contributed by atoms with Crippen LogP contribution < -0.4 is 5.32 Å². The SMILES string of the molecule is CC1(C)SC(=S)N(Cc2ccccc2)C1N(O)C(=O)Nc1cccc(C(F)(F)F)c1. The van der Waals surface area contributed by atoms with Gasteiger partial charge >= 0.3 is 12.2 Å². The number of carbonyl (C=O) groups excluding carboxylic acids is 1. The number of thioether (sulfide) groups is 1. The van der Waals surface area contributed by atoms with Gasteiger partial charge in [0.2, 0.25) is 0 Å². The number of hydroxylamine groups is 2. The number of nitrogens with one attached hydrogen (secondary N) is 1. The van der Waals surface area contributed by atoms with Crippen molar-refractivity contribution in [3.8, 4) is 0 Å². The van der Waals surface area contributed by atoms with Crippen molar-refractivity contribution in [2.45, 2.75) is 37.5 Å². The van der Waals surface area contributed by atoms with Gasteiger partial charge in [0.25, 0.3) is 0 Å². The summed E-state index contributed by atoms with van der Waals surface area (Å²) in [6.07, 6.45) is -5.36. The molecule has 0 radical (unpaired) electrons. The Morgan fingerprint density at radius 1 is 1.23 bits per heavy atom. The van der Waals surface area contributed by atoms with E-state index in [0.717, 1.165) is 17.7 Å². The number of halogens is 3. The number of anilines is 1. The number of rotatable bonds is 4. The van der Waals surface area contributed by atoms with Gasteiger partial charge in [0.1, 0.15) is 10.5 Å². The van der Waals surface area contributed by atoms with Gasteiger partial charge in [-0.1, -0.05) is 60.4 Å². The number of carbonyl (C=O) groups is 1. The third kappa shape index (κ3) is 4.88. The van der Waals surface area contributed by atoms with E-state index in [-0.39, 0.29) is 5.69 Å². The molecule has 1 heterocycles. The lowest BCUT2D eigenvalue weighted by Gasteiger charge is -2.37. The monoisotopic (exact) mass is 455 g/mol. The second-order valence-electron chi connectivity index (χ2n) is 7.31. The lowest BCUT2D eigenvalue weighted by atomic mass is 10.1. The summed E-state index contributed by atoms with van der Waals surface area (Å²) in [7, 11) is 0. The second kappa shape index (κ2) is 8.44. The molecule has 1 saturated heterocycles. The highest BCUT2D eigenvalue weighted by Crippen LogP contribution is 2.43. The molecule has 160 valence electrons. The number of amides is 2. The molecule has 1 atom stereocenters. The fraction of sp³-hybridized carbons (Fsp3) is 0.300. The van der Waals surface area contributed by atoms with Crippen LogP contribution >= 0.6 is 24.0 Å². The maximum absolute atomic E-state index is 12.9. The maximum atomic E-state index is 12.9. The smallest absolute Gasteiger partial charge is 0.329 e. The number of benzene rings is 2. The van der Waals surface area contributed by atoms with Crippen molar-refractivity contribution in [2.75, 3.05) is 5.32 Å². The fourth-order valence-corrected chi connectivity index (χ4v) is 5.11. The number of nitrogens with zero attached hydrogens (tertiary/aromatic N) is 2. The Morgan fingerprint density at radius 3 is 2.53 bits per heavy atom. The van der Waals surface area contributed by atoms with Crippen molar-refractivity contribution in [3.05, 3.63) is 65.7 Å². The molecule has 0 bridgehead atoms. The van der Waals surface area contributed by atoms with E-state index in [2.05, 4.69) is 5.32 Å². The van der Waals surface area contributed by atoms with Crippen LogP contribution in [-0.2, 0) is 12.7 Å². The summed E-state index contributed by atoms with van der Waals surface area (Å²) in [5, 5.41) is 13.5. The lowest BCUT2D eigenvalue weighted by molar-refractivity contribution is -0.137. The maximum Gasteiger partial charge on any atom is 0.416 e. The van der Waals surface area contributed by atoms with E-state index in [9.17, 15) is 23.2 Å². The van der Waals surface area contributed by atoms with E-state index < -0.39 is 28.7 Å². The second-order valence-corrected chi connectivity index (χ2v) is 9.60. The first-order chi connectivity index (χ1) is 14.0. The standard InChI is InChI=1S/C20H20F3N3O2S2/c1-19(2)16(25(18(29)30-19)12-13-7-4-3-5-8-13)26(28)17(27)24-15-10-6-9-14(11-15)20(21,22)23/h3-11,16,28H,12H2,1-2H3,(H,24,27). The van der Waals surface area contributed by atoms with E-state index in [1.807, 2.05) is 44.2 Å². The Kier molecular flexibility index (Phi) is 6.30. The lowest BCUT2D eigenvalue weighted by Crippen LogP contribution is -2.55. The molecule has 0 aliphatic carbocycles. The van der Waals surface area contributed by atoms with Gasteiger partial charge in [-0.05, 0) is 37.6 Å². The van der Waals surface area contributed by atoms with E-state index in [1.165, 1.54) is 23.9 Å². The third-order valence-electron chi connectivity index (χ3n) is 4.58. The van der Waals surface area contributed by atoms with Gasteiger partial charge in [-0.3, -0.25) is 5.21 Å². The summed E-state index contributed by atoms with van der Waals surface area (Å²) >= 11 is 6.80. The van der Waals surface area contributed by atoms with Gasteiger partial charge in [0.15, 0.2) is 0 Å². The van der Waals surface area contributed by atoms with Crippen LogP contribution in [0, 0.1) is 0 Å². The van der Waals surface area contributed by atoms with Gasteiger partial charge in [0.05, 0.1) is 10.3 Å². The van der Waals surface area contributed by atoms with E-state index in [4.69, 9.17) is 12.2 Å². The highest BCUT2D eigenvalue weighted by Gasteiger charge is 2.49. The molecule has 5 nitrogen and oxygen atoms in total. The molecule has 0 spiro atoms. The number of alkyl halides is 3. The van der Waals surface area contributed by atoms with Crippen LogP contribution in [0.1, 0.15) is 25.0 Å². The number of hydrogen-bond acceptors (Lipinski definition) is 4. The third-order valence-corrected chi connectivity index (χ3v) is 6.21. The van der Waals surface area contributed by atoms with Crippen molar-refractivity contribution in [3.63, 3.8) is 0 Å². The first-order valence-electron chi connectivity index (χ1n) is 8.99. The summed E-state index contributed by atoms with van der Waals surface area (Å²) in [5.74, 6) is 0. The van der Waals surface area contributed by atoms with Crippen LogP contribution in [0.4, 0.5) is 23.7 Å². The molecule has 0 aromatic heterocycles. The summed E-state index contributed by atoms with van der Waals surface area (Å²) in [4.78, 5) is 14.4. The number of thiocarbonyl (C=S) groups is 1. The van der Waals surface area contributed by atoms with Crippen molar-refractivity contribution in [2.24, 2.45) is 0 Å². The topological polar surface area (TPSA) is 55.8 Å². The first kappa shape index (κ1) is 22.4. The fourth-order valence-electron chi connectivity index (χ4n) is 3.23. The van der Waals surface area contributed by atoms with Gasteiger partial charge in [-0.25, -0.2) is 4.79 Å². The molecule has 1 unspecified atom stereocenters. The molecular formula is C20H20F3N3O2S2. The Balaban J connectivity index is 1.81. The van der Waals surface area contributed by atoms with E-state index >= 15 is 0 Å². The van der Waals surface area contributed by atoms with Gasteiger partial charge < -0.3 is 10.2 Å². The zero-order valence-electron chi connectivity index (χ0n) is 16.2. The molecular weight excluding hydrogens is 435 g/mol. The average molecular weight is 456 g/mol. The summed E-state index contributed by atoms with van der Waals surface area (Å²) in [6.45, 7) is 4.04. The van der Waals surface area contributed by atoms with Crippen LogP contribution in [0.5, 0.6) is 0 Å². The molecule has 3 rings (SSSR count). The minimum Gasteiger partial charge on any atom is -0.329 e. The minimum absolute atomic E-state index is 0.0745. The van der Waals surface area contributed by atoms with Crippen LogP contribution in [-0.4, -0.2) is 36.4 Å². The van der Waals surface area contributed by atoms with E-state index in [0.29, 0.717) is 15.9 Å². The zero-order valence-corrected chi connectivity index (χ0v) is 17.8. The summed E-state index contributed by atoms with van der Waals surface area (Å²) in [5.41, 5.74) is -0.0298. The van der Waals surface area contributed by atoms with Crippen LogP contribution in [0.25, 0.3) is 0 Å². The molecule has 2 N–H and O–H groups in total. The Bertz CT molecular complexity index is 938. The molecule has 0 saturated carbocycles. The minimum atomic E-state index is -4.54. The molecule has 1 fully saturated rings. The quantitative estimate of drug-likeness (QED) is 0.359.